The second kappa shape index (κ2) is 4.54. The van der Waals surface area contributed by atoms with E-state index >= 15 is 0 Å². The molecule has 0 aliphatic rings. The second-order valence-electron chi connectivity index (χ2n) is 2.65. The summed E-state index contributed by atoms with van der Waals surface area (Å²) in [5.74, 6) is 0. The number of hydrogen-bond donors (Lipinski definition) is 4. The molecule has 0 aromatic carbocycles. The van der Waals surface area contributed by atoms with Crippen LogP contribution in [-0.2, 0) is 0 Å². The molecule has 13 heavy (non-hydrogen) atoms. The van der Waals surface area contributed by atoms with Gasteiger partial charge in [-0.15, -0.1) is 0 Å². The summed E-state index contributed by atoms with van der Waals surface area (Å²) in [4.78, 5) is 20.7. The van der Waals surface area contributed by atoms with Crippen LogP contribution in [0, 0.1) is 0 Å². The first-order valence-corrected chi connectivity index (χ1v) is 3.98. The molecule has 0 fully saturated rings. The Hall–Kier alpha value is -1.46. The van der Waals surface area contributed by atoms with Crippen LogP contribution in [0.4, 0.5) is 9.59 Å². The Kier molecular flexibility index (Phi) is 4.03. The zero-order valence-corrected chi connectivity index (χ0v) is 7.63. The molecule has 76 valence electrons. The summed E-state index contributed by atoms with van der Waals surface area (Å²) in [6.45, 7) is 3.41. The first-order chi connectivity index (χ1) is 5.95. The molecule has 0 aromatic heterocycles. The van der Waals surface area contributed by atoms with Gasteiger partial charge in [0, 0.05) is 0 Å². The average Bonchev–Trinajstić information content (AvgIpc) is 2.01. The number of carbonyl (C=O) groups is 2. The van der Waals surface area contributed by atoms with Crippen molar-refractivity contribution in [2.75, 3.05) is 0 Å². The van der Waals surface area contributed by atoms with Crippen LogP contribution >= 0.6 is 0 Å². The van der Waals surface area contributed by atoms with Crippen LogP contribution in [0.15, 0.2) is 0 Å². The summed E-state index contributed by atoms with van der Waals surface area (Å²) in [7, 11) is 0. The zero-order valence-electron chi connectivity index (χ0n) is 7.63. The standard InChI is InChI=1S/C7H14N2O4/c1-3-7(4-2,8-5(10)11)9-6(12)13/h8-9H,3-4H2,1-2H3,(H,10,11)(H,12,13). The van der Waals surface area contributed by atoms with Crippen molar-refractivity contribution in [2.24, 2.45) is 0 Å². The third-order valence-corrected chi connectivity index (χ3v) is 1.90. The third kappa shape index (κ3) is 3.64. The van der Waals surface area contributed by atoms with Crippen molar-refractivity contribution in [3.05, 3.63) is 0 Å². The van der Waals surface area contributed by atoms with Crippen molar-refractivity contribution in [3.8, 4) is 0 Å². The Morgan fingerprint density at radius 1 is 1.08 bits per heavy atom. The minimum absolute atomic E-state index is 0.363. The molecule has 0 aliphatic heterocycles. The molecule has 0 unspecified atom stereocenters. The molecule has 0 heterocycles. The highest BCUT2D eigenvalue weighted by Gasteiger charge is 2.29. The second-order valence-corrected chi connectivity index (χ2v) is 2.65. The van der Waals surface area contributed by atoms with Gasteiger partial charge in [-0.3, -0.25) is 10.6 Å². The Bertz CT molecular complexity index is 183. The highest BCUT2D eigenvalue weighted by molar-refractivity contribution is 5.69. The van der Waals surface area contributed by atoms with Crippen LogP contribution < -0.4 is 10.6 Å². The Morgan fingerprint density at radius 3 is 1.54 bits per heavy atom. The van der Waals surface area contributed by atoms with E-state index in [2.05, 4.69) is 10.6 Å². The normalized spacial score (nSPS) is 10.6. The summed E-state index contributed by atoms with van der Waals surface area (Å²) in [6.07, 6.45) is -1.75. The molecule has 0 aliphatic carbocycles. The molecule has 0 atom stereocenters. The number of rotatable bonds is 4. The summed E-state index contributed by atoms with van der Waals surface area (Å²) >= 11 is 0. The van der Waals surface area contributed by atoms with Gasteiger partial charge in [0.05, 0.1) is 0 Å². The van der Waals surface area contributed by atoms with Gasteiger partial charge in [-0.25, -0.2) is 9.59 Å². The molecular weight excluding hydrogens is 176 g/mol. The van der Waals surface area contributed by atoms with E-state index in [1.165, 1.54) is 0 Å². The molecule has 2 amide bonds. The van der Waals surface area contributed by atoms with Crippen molar-refractivity contribution in [3.63, 3.8) is 0 Å². The van der Waals surface area contributed by atoms with Gasteiger partial charge >= 0.3 is 12.2 Å². The lowest BCUT2D eigenvalue weighted by molar-refractivity contribution is 0.147. The maximum absolute atomic E-state index is 10.4. The quantitative estimate of drug-likeness (QED) is 0.498. The van der Waals surface area contributed by atoms with Crippen molar-refractivity contribution < 1.29 is 19.8 Å². The molecule has 6 nitrogen and oxygen atoms in total. The highest BCUT2D eigenvalue weighted by Crippen LogP contribution is 2.10. The molecule has 0 aromatic rings. The van der Waals surface area contributed by atoms with Crippen molar-refractivity contribution >= 4 is 12.2 Å². The fourth-order valence-electron chi connectivity index (χ4n) is 1.04. The smallest absolute Gasteiger partial charge is 0.406 e. The Balaban J connectivity index is 4.48. The van der Waals surface area contributed by atoms with E-state index in [1.807, 2.05) is 0 Å². The third-order valence-electron chi connectivity index (χ3n) is 1.90. The lowest BCUT2D eigenvalue weighted by Crippen LogP contribution is -2.59. The van der Waals surface area contributed by atoms with Crippen LogP contribution in [0.1, 0.15) is 26.7 Å². The van der Waals surface area contributed by atoms with Crippen molar-refractivity contribution in [2.45, 2.75) is 32.4 Å². The van der Waals surface area contributed by atoms with E-state index in [9.17, 15) is 9.59 Å². The summed E-state index contributed by atoms with van der Waals surface area (Å²) in [6, 6.07) is 0. The van der Waals surface area contributed by atoms with Gasteiger partial charge in [0.1, 0.15) is 5.66 Å². The fourth-order valence-corrected chi connectivity index (χ4v) is 1.04. The number of nitrogens with one attached hydrogen (secondary N) is 2. The maximum atomic E-state index is 10.4. The Morgan fingerprint density at radius 2 is 1.38 bits per heavy atom. The van der Waals surface area contributed by atoms with E-state index < -0.39 is 17.8 Å². The number of carboxylic acid groups (broad SMARTS) is 2. The van der Waals surface area contributed by atoms with E-state index in [0.717, 1.165) is 0 Å². The zero-order chi connectivity index (χ0) is 10.5. The lowest BCUT2D eigenvalue weighted by Gasteiger charge is -2.31. The van der Waals surface area contributed by atoms with Crippen LogP contribution in [0.25, 0.3) is 0 Å². The molecular formula is C7H14N2O4. The van der Waals surface area contributed by atoms with Gasteiger partial charge in [0.2, 0.25) is 0 Å². The predicted molar refractivity (Wildman–Crippen MR) is 45.6 cm³/mol. The van der Waals surface area contributed by atoms with Crippen LogP contribution in [0.2, 0.25) is 0 Å². The molecule has 4 N–H and O–H groups in total. The minimum atomic E-state index is -1.24. The molecule has 0 spiro atoms. The summed E-state index contributed by atoms with van der Waals surface area (Å²) in [5.41, 5.74) is -1.07. The van der Waals surface area contributed by atoms with Crippen LogP contribution in [0.3, 0.4) is 0 Å². The van der Waals surface area contributed by atoms with E-state index in [0.29, 0.717) is 12.8 Å². The lowest BCUT2D eigenvalue weighted by atomic mass is 10.0. The largest absolute Gasteiger partial charge is 0.465 e. The first kappa shape index (κ1) is 11.5. The highest BCUT2D eigenvalue weighted by atomic mass is 16.4. The Labute approximate surface area is 75.9 Å². The molecule has 0 saturated carbocycles. The predicted octanol–water partition coefficient (Wildman–Crippen LogP) is 1.04. The van der Waals surface area contributed by atoms with Gasteiger partial charge in [0.25, 0.3) is 0 Å². The average molecular weight is 190 g/mol. The summed E-state index contributed by atoms with van der Waals surface area (Å²) in [5, 5.41) is 21.3. The van der Waals surface area contributed by atoms with Crippen molar-refractivity contribution in [1.82, 2.24) is 10.6 Å². The van der Waals surface area contributed by atoms with Crippen molar-refractivity contribution in [1.29, 1.82) is 0 Å². The molecule has 6 heteroatoms. The SMILES string of the molecule is CCC(CC)(NC(=O)O)NC(=O)O. The van der Waals surface area contributed by atoms with E-state index in [4.69, 9.17) is 10.2 Å². The van der Waals surface area contributed by atoms with Crippen LogP contribution in [-0.4, -0.2) is 28.1 Å². The topological polar surface area (TPSA) is 98.7 Å². The van der Waals surface area contributed by atoms with Gasteiger partial charge in [0.15, 0.2) is 0 Å². The van der Waals surface area contributed by atoms with Gasteiger partial charge < -0.3 is 10.2 Å². The van der Waals surface area contributed by atoms with E-state index in [-0.39, 0.29) is 0 Å². The monoisotopic (exact) mass is 190 g/mol. The number of amides is 2. The molecule has 0 radical (unpaired) electrons. The molecule has 0 rings (SSSR count). The van der Waals surface area contributed by atoms with Crippen LogP contribution in [0.5, 0.6) is 0 Å². The molecule has 0 bridgehead atoms. The van der Waals surface area contributed by atoms with E-state index in [1.54, 1.807) is 13.8 Å². The maximum Gasteiger partial charge on any atom is 0.406 e. The van der Waals surface area contributed by atoms with Gasteiger partial charge in [-0.1, -0.05) is 13.8 Å². The van der Waals surface area contributed by atoms with Gasteiger partial charge in [-0.05, 0) is 12.8 Å². The molecule has 0 saturated heterocycles. The number of hydrogen-bond acceptors (Lipinski definition) is 2. The fraction of sp³-hybridized carbons (Fsp3) is 0.714. The minimum Gasteiger partial charge on any atom is -0.465 e. The van der Waals surface area contributed by atoms with Gasteiger partial charge in [-0.2, -0.15) is 0 Å². The first-order valence-electron chi connectivity index (χ1n) is 3.98. The summed E-state index contributed by atoms with van der Waals surface area (Å²) < 4.78 is 0.